The second-order valence-corrected chi connectivity index (χ2v) is 8.02. The second-order valence-electron chi connectivity index (χ2n) is 8.02. The van der Waals surface area contributed by atoms with E-state index in [-0.39, 0.29) is 31.8 Å². The number of carboxylic acids is 1. The van der Waals surface area contributed by atoms with Crippen LogP contribution in [-0.2, 0) is 20.9 Å². The minimum atomic E-state index is -1.35. The van der Waals surface area contributed by atoms with Crippen molar-refractivity contribution >= 4 is 18.0 Å². The van der Waals surface area contributed by atoms with Crippen LogP contribution in [0.15, 0.2) is 30.3 Å². The number of carbonyl (C=O) groups is 3. The van der Waals surface area contributed by atoms with Crippen molar-refractivity contribution in [1.29, 1.82) is 5.26 Å². The summed E-state index contributed by atoms with van der Waals surface area (Å²) in [4.78, 5) is 38.0. The molecular weight excluding hydrogens is 388 g/mol. The van der Waals surface area contributed by atoms with Crippen molar-refractivity contribution in [3.8, 4) is 6.07 Å². The lowest BCUT2D eigenvalue weighted by Gasteiger charge is -2.26. The fraction of sp³-hybridized carbons (Fsp3) is 0.524. The zero-order valence-corrected chi connectivity index (χ0v) is 17.4. The highest BCUT2D eigenvalue weighted by Crippen LogP contribution is 2.26. The van der Waals surface area contributed by atoms with Gasteiger partial charge in [-0.2, -0.15) is 5.26 Å². The quantitative estimate of drug-likeness (QED) is 0.585. The molecule has 9 heteroatoms. The molecule has 2 rings (SSSR count). The van der Waals surface area contributed by atoms with Gasteiger partial charge in [0.1, 0.15) is 11.6 Å². The van der Waals surface area contributed by atoms with Crippen molar-refractivity contribution in [3.63, 3.8) is 0 Å². The van der Waals surface area contributed by atoms with E-state index in [4.69, 9.17) is 4.74 Å². The molecule has 0 aromatic heterocycles. The summed E-state index contributed by atoms with van der Waals surface area (Å²) in [5, 5.41) is 24.2. The fourth-order valence-electron chi connectivity index (χ4n) is 3.46. The van der Waals surface area contributed by atoms with Crippen molar-refractivity contribution in [2.24, 2.45) is 5.92 Å². The number of likely N-dealkylation sites (N-methyl/N-ethyl adjacent to an activating group) is 1. The van der Waals surface area contributed by atoms with Gasteiger partial charge in [0.25, 0.3) is 5.91 Å². The van der Waals surface area contributed by atoms with Gasteiger partial charge in [-0.15, -0.1) is 0 Å². The molecule has 1 heterocycles. The van der Waals surface area contributed by atoms with Crippen molar-refractivity contribution < 1.29 is 24.2 Å². The standard InChI is InChI=1S/C21H28N4O5/c1-14(2)9-17(30-20(29)23-11-15-7-5-4-6-8-15)18(26)24-21(12-22)10-16(19(27)28)25(3)13-21/h4-8,14,16-17H,9-11,13H2,1-3H3,(H,23,29)(H,24,26)(H,27,28). The van der Waals surface area contributed by atoms with Crippen LogP contribution >= 0.6 is 0 Å². The molecule has 3 atom stereocenters. The summed E-state index contributed by atoms with van der Waals surface area (Å²) in [6, 6.07) is 10.4. The Labute approximate surface area is 176 Å². The Morgan fingerprint density at radius 1 is 1.33 bits per heavy atom. The molecule has 9 nitrogen and oxygen atoms in total. The first-order valence-corrected chi connectivity index (χ1v) is 9.80. The molecule has 0 radical (unpaired) electrons. The molecule has 2 amide bonds. The number of carbonyl (C=O) groups excluding carboxylic acids is 2. The van der Waals surface area contributed by atoms with E-state index in [0.29, 0.717) is 0 Å². The number of amides is 2. The van der Waals surface area contributed by atoms with Crippen molar-refractivity contribution in [3.05, 3.63) is 35.9 Å². The smallest absolute Gasteiger partial charge is 0.408 e. The van der Waals surface area contributed by atoms with Gasteiger partial charge in [-0.05, 0) is 24.9 Å². The number of nitrogens with zero attached hydrogens (tertiary/aromatic N) is 2. The number of carboxylic acid groups (broad SMARTS) is 1. The van der Waals surface area contributed by atoms with Gasteiger partial charge >= 0.3 is 12.1 Å². The van der Waals surface area contributed by atoms with Gasteiger partial charge in [0.05, 0.1) is 6.07 Å². The highest BCUT2D eigenvalue weighted by Gasteiger charge is 2.48. The zero-order chi connectivity index (χ0) is 22.3. The summed E-state index contributed by atoms with van der Waals surface area (Å²) in [5.41, 5.74) is -0.468. The van der Waals surface area contributed by atoms with E-state index in [1.807, 2.05) is 50.2 Å². The van der Waals surface area contributed by atoms with Crippen LogP contribution < -0.4 is 10.6 Å². The number of hydrogen-bond donors (Lipinski definition) is 3. The third kappa shape index (κ3) is 6.19. The van der Waals surface area contributed by atoms with E-state index >= 15 is 0 Å². The minimum absolute atomic E-state index is 0.0460. The summed E-state index contributed by atoms with van der Waals surface area (Å²) in [5.74, 6) is -1.61. The lowest BCUT2D eigenvalue weighted by Crippen LogP contribution is -2.53. The number of benzene rings is 1. The molecule has 1 aliphatic rings. The molecule has 0 aliphatic carbocycles. The molecule has 1 fully saturated rings. The maximum atomic E-state index is 12.9. The molecule has 3 unspecified atom stereocenters. The van der Waals surface area contributed by atoms with Gasteiger partial charge in [-0.25, -0.2) is 4.79 Å². The van der Waals surface area contributed by atoms with Gasteiger partial charge in [-0.1, -0.05) is 44.2 Å². The SMILES string of the molecule is CC(C)CC(OC(=O)NCc1ccccc1)C(=O)NC1(C#N)CC(C(=O)O)N(C)C1. The Balaban J connectivity index is 2.03. The first kappa shape index (κ1) is 23.2. The van der Waals surface area contributed by atoms with Crippen LogP contribution in [0.25, 0.3) is 0 Å². The molecule has 1 saturated heterocycles. The van der Waals surface area contributed by atoms with Crippen LogP contribution in [0.3, 0.4) is 0 Å². The van der Waals surface area contributed by atoms with E-state index in [1.165, 1.54) is 4.90 Å². The highest BCUT2D eigenvalue weighted by molar-refractivity contribution is 5.85. The molecular formula is C21H28N4O5. The summed E-state index contributed by atoms with van der Waals surface area (Å²) in [6.07, 6.45) is -1.61. The molecule has 0 spiro atoms. The lowest BCUT2D eigenvalue weighted by atomic mass is 9.96. The fourth-order valence-corrected chi connectivity index (χ4v) is 3.46. The predicted octanol–water partition coefficient (Wildman–Crippen LogP) is 1.49. The lowest BCUT2D eigenvalue weighted by molar-refractivity contribution is -0.141. The molecule has 1 aromatic carbocycles. The number of aliphatic carboxylic acids is 1. The summed E-state index contributed by atoms with van der Waals surface area (Å²) in [7, 11) is 1.59. The normalized spacial score (nSPS) is 22.2. The maximum Gasteiger partial charge on any atom is 0.408 e. The predicted molar refractivity (Wildman–Crippen MR) is 108 cm³/mol. The van der Waals surface area contributed by atoms with Crippen molar-refractivity contribution in [2.45, 2.75) is 50.9 Å². The monoisotopic (exact) mass is 416 g/mol. The van der Waals surface area contributed by atoms with Crippen LogP contribution in [0.5, 0.6) is 0 Å². The first-order valence-electron chi connectivity index (χ1n) is 9.80. The molecule has 162 valence electrons. The second kappa shape index (κ2) is 10.1. The molecule has 0 bridgehead atoms. The average molecular weight is 416 g/mol. The number of alkyl carbamates (subject to hydrolysis) is 1. The Hall–Kier alpha value is -3.12. The minimum Gasteiger partial charge on any atom is -0.480 e. The Bertz CT molecular complexity index is 807. The van der Waals surface area contributed by atoms with Crippen LogP contribution in [0.1, 0.15) is 32.3 Å². The van der Waals surface area contributed by atoms with Gasteiger partial charge in [0.15, 0.2) is 6.10 Å². The van der Waals surface area contributed by atoms with Gasteiger partial charge in [-0.3, -0.25) is 14.5 Å². The van der Waals surface area contributed by atoms with Crippen molar-refractivity contribution in [2.75, 3.05) is 13.6 Å². The average Bonchev–Trinajstić information content (AvgIpc) is 3.03. The largest absolute Gasteiger partial charge is 0.480 e. The molecule has 1 aliphatic heterocycles. The van der Waals surface area contributed by atoms with E-state index in [0.717, 1.165) is 5.56 Å². The number of nitrogens with one attached hydrogen (secondary N) is 2. The zero-order valence-electron chi connectivity index (χ0n) is 17.4. The highest BCUT2D eigenvalue weighted by atomic mass is 16.6. The van der Waals surface area contributed by atoms with E-state index in [9.17, 15) is 24.8 Å². The summed E-state index contributed by atoms with van der Waals surface area (Å²) >= 11 is 0. The first-order chi connectivity index (χ1) is 14.2. The van der Waals surface area contributed by atoms with Gasteiger partial charge < -0.3 is 20.5 Å². The molecule has 30 heavy (non-hydrogen) atoms. The van der Waals surface area contributed by atoms with Crippen LogP contribution in [0, 0.1) is 17.2 Å². The molecule has 0 saturated carbocycles. The van der Waals surface area contributed by atoms with Gasteiger partial charge in [0, 0.05) is 19.5 Å². The number of ether oxygens (including phenoxy) is 1. The molecule has 1 aromatic rings. The number of rotatable bonds is 8. The molecule has 3 N–H and O–H groups in total. The Morgan fingerprint density at radius 2 is 2.00 bits per heavy atom. The van der Waals surface area contributed by atoms with Crippen LogP contribution in [-0.4, -0.2) is 59.3 Å². The van der Waals surface area contributed by atoms with Gasteiger partial charge in [0.2, 0.25) is 0 Å². The Kier molecular flexibility index (Phi) is 7.78. The van der Waals surface area contributed by atoms with E-state index in [1.54, 1.807) is 7.05 Å². The number of hydrogen-bond acceptors (Lipinski definition) is 6. The third-order valence-corrected chi connectivity index (χ3v) is 4.96. The van der Waals surface area contributed by atoms with E-state index < -0.39 is 35.7 Å². The summed E-state index contributed by atoms with van der Waals surface area (Å²) in [6.45, 7) is 4.09. The van der Waals surface area contributed by atoms with Crippen LogP contribution in [0.2, 0.25) is 0 Å². The maximum absolute atomic E-state index is 12.9. The Morgan fingerprint density at radius 3 is 2.53 bits per heavy atom. The topological polar surface area (TPSA) is 132 Å². The number of likely N-dealkylation sites (tertiary alicyclic amines) is 1. The summed E-state index contributed by atoms with van der Waals surface area (Å²) < 4.78 is 5.34. The number of nitriles is 1. The van der Waals surface area contributed by atoms with E-state index in [2.05, 4.69) is 10.6 Å². The van der Waals surface area contributed by atoms with Crippen LogP contribution in [0.4, 0.5) is 4.79 Å². The van der Waals surface area contributed by atoms with Crippen molar-refractivity contribution in [1.82, 2.24) is 15.5 Å². The third-order valence-electron chi connectivity index (χ3n) is 4.96.